The summed E-state index contributed by atoms with van der Waals surface area (Å²) < 4.78 is 31.9. The summed E-state index contributed by atoms with van der Waals surface area (Å²) in [5.74, 6) is 0. The van der Waals surface area contributed by atoms with Gasteiger partial charge in [0, 0.05) is 0 Å². The highest BCUT2D eigenvalue weighted by Gasteiger charge is 2.21. The average Bonchev–Trinajstić information content (AvgIpc) is 3.03. The van der Waals surface area contributed by atoms with Gasteiger partial charge in [0.1, 0.15) is 0 Å². The van der Waals surface area contributed by atoms with E-state index in [0.29, 0.717) is 0 Å². The van der Waals surface area contributed by atoms with E-state index in [4.69, 9.17) is 4.18 Å². The topological polar surface area (TPSA) is 43.4 Å². The van der Waals surface area contributed by atoms with Gasteiger partial charge in [0.05, 0.1) is 11.0 Å². The molecule has 0 radical (unpaired) electrons. The number of unbranched alkanes of at least 4 members (excludes halogenated alkanes) is 27. The van der Waals surface area contributed by atoms with Crippen LogP contribution in [0.25, 0.3) is 0 Å². The minimum Gasteiger partial charge on any atom is -0.263 e. The Labute approximate surface area is 282 Å². The summed E-state index contributed by atoms with van der Waals surface area (Å²) in [5.41, 5.74) is 1.06. The molecule has 0 saturated heterocycles. The molecule has 1 atom stereocenters. The summed E-state index contributed by atoms with van der Waals surface area (Å²) in [6.07, 6.45) is 40.4. The second-order valence-corrected chi connectivity index (χ2v) is 15.7. The van der Waals surface area contributed by atoms with Gasteiger partial charge in [-0.05, 0) is 31.9 Å². The summed E-state index contributed by atoms with van der Waals surface area (Å²) in [6, 6.07) is 7.07. The minimum atomic E-state index is -3.72. The molecule has 1 rings (SSSR count). The molecule has 0 spiro atoms. The van der Waals surface area contributed by atoms with Crippen molar-refractivity contribution in [1.82, 2.24) is 0 Å². The van der Waals surface area contributed by atoms with Crippen LogP contribution in [0.2, 0.25) is 0 Å². The quantitative estimate of drug-likeness (QED) is 0.0551. The lowest BCUT2D eigenvalue weighted by atomic mass is 10.0. The van der Waals surface area contributed by atoms with E-state index in [9.17, 15) is 8.42 Å². The number of hydrogen-bond acceptors (Lipinski definition) is 3. The van der Waals surface area contributed by atoms with E-state index >= 15 is 0 Å². The highest BCUT2D eigenvalue weighted by molar-refractivity contribution is 7.86. The zero-order chi connectivity index (χ0) is 32.7. The molecule has 3 nitrogen and oxygen atoms in total. The maximum absolute atomic E-state index is 13.0. The van der Waals surface area contributed by atoms with Gasteiger partial charge in [0.15, 0.2) is 0 Å². The highest BCUT2D eigenvalue weighted by atomic mass is 32.2. The molecule has 0 aromatic heterocycles. The lowest BCUT2D eigenvalue weighted by Crippen LogP contribution is -2.19. The molecule has 0 amide bonds. The molecule has 0 bridgehead atoms. The fraction of sp³-hybridized carbons (Fsp3) is 0.854. The zero-order valence-electron chi connectivity index (χ0n) is 30.4. The first kappa shape index (κ1) is 42.2. The highest BCUT2D eigenvalue weighted by Crippen LogP contribution is 2.23. The Hall–Kier alpha value is -0.870. The van der Waals surface area contributed by atoms with Crippen LogP contribution in [0.3, 0.4) is 0 Å². The molecular weight excluding hydrogens is 573 g/mol. The lowest BCUT2D eigenvalue weighted by molar-refractivity contribution is 0.180. The molecule has 264 valence electrons. The Kier molecular flexibility index (Phi) is 28.5. The van der Waals surface area contributed by atoms with Crippen LogP contribution in [0.4, 0.5) is 0 Å². The smallest absolute Gasteiger partial charge is 0.263 e. The lowest BCUT2D eigenvalue weighted by Gasteiger charge is -2.18. The molecule has 0 aliphatic heterocycles. The van der Waals surface area contributed by atoms with E-state index < -0.39 is 10.1 Å². The van der Waals surface area contributed by atoms with Crippen LogP contribution in [-0.4, -0.2) is 14.5 Å². The SMILES string of the molecule is CCCCCCCCCCCCCCCCCC(CCCCCCCCCCCCCCCC)OS(=O)(=O)c1ccc(C)cc1. The summed E-state index contributed by atoms with van der Waals surface area (Å²) in [4.78, 5) is 0.288. The maximum Gasteiger partial charge on any atom is 0.297 e. The second kappa shape index (κ2) is 30.5. The molecule has 0 aliphatic rings. The van der Waals surface area contributed by atoms with Crippen molar-refractivity contribution in [3.05, 3.63) is 29.8 Å². The third-order valence-corrected chi connectivity index (χ3v) is 11.0. The molecule has 1 aromatic carbocycles. The Morgan fingerprint density at radius 2 is 0.711 bits per heavy atom. The maximum atomic E-state index is 13.0. The molecule has 0 saturated carbocycles. The molecule has 4 heteroatoms. The van der Waals surface area contributed by atoms with Crippen molar-refractivity contribution < 1.29 is 12.6 Å². The third kappa shape index (κ3) is 25.8. The van der Waals surface area contributed by atoms with E-state index in [1.54, 1.807) is 12.1 Å². The molecule has 0 N–H and O–H groups in total. The molecule has 45 heavy (non-hydrogen) atoms. The van der Waals surface area contributed by atoms with Crippen LogP contribution in [-0.2, 0) is 14.3 Å². The summed E-state index contributed by atoms with van der Waals surface area (Å²) in [5, 5.41) is 0. The van der Waals surface area contributed by atoms with E-state index in [2.05, 4.69) is 13.8 Å². The van der Waals surface area contributed by atoms with Crippen molar-refractivity contribution in [3.63, 3.8) is 0 Å². The second-order valence-electron chi connectivity index (χ2n) is 14.1. The normalized spacial score (nSPS) is 12.6. The van der Waals surface area contributed by atoms with Crippen LogP contribution in [0.1, 0.15) is 218 Å². The van der Waals surface area contributed by atoms with Gasteiger partial charge in [-0.25, -0.2) is 0 Å². The summed E-state index contributed by atoms with van der Waals surface area (Å²) in [7, 11) is -3.72. The number of benzene rings is 1. The molecule has 1 aromatic rings. The average molecular weight is 649 g/mol. The van der Waals surface area contributed by atoms with Gasteiger partial charge in [-0.15, -0.1) is 0 Å². The monoisotopic (exact) mass is 649 g/mol. The fourth-order valence-corrected chi connectivity index (χ4v) is 7.62. The minimum absolute atomic E-state index is 0.199. The first-order valence-corrected chi connectivity index (χ1v) is 21.4. The number of hydrogen-bond donors (Lipinski definition) is 0. The fourth-order valence-electron chi connectivity index (χ4n) is 6.49. The van der Waals surface area contributed by atoms with Gasteiger partial charge in [-0.1, -0.05) is 218 Å². The molecule has 0 fully saturated rings. The predicted molar refractivity (Wildman–Crippen MR) is 198 cm³/mol. The number of rotatable bonds is 34. The van der Waals surface area contributed by atoms with Crippen LogP contribution in [0.15, 0.2) is 29.2 Å². The molecule has 0 heterocycles. The third-order valence-electron chi connectivity index (χ3n) is 9.58. The summed E-state index contributed by atoms with van der Waals surface area (Å²) >= 11 is 0. The van der Waals surface area contributed by atoms with Gasteiger partial charge in [0.2, 0.25) is 0 Å². The standard InChI is InChI=1S/C41H76O3S/c1-4-6-8-10-12-14-16-18-20-22-24-26-28-30-32-34-40(44-45(42,43)41-37-35-39(3)36-38-41)33-31-29-27-25-23-21-19-17-15-13-11-9-7-5-2/h35-38,40H,4-34H2,1-3H3. The molecule has 1 unspecified atom stereocenters. The number of aryl methyl sites for hydroxylation is 1. The van der Waals surface area contributed by atoms with Crippen LogP contribution >= 0.6 is 0 Å². The van der Waals surface area contributed by atoms with Gasteiger partial charge < -0.3 is 0 Å². The first-order chi connectivity index (χ1) is 22.0. The molecule has 0 aliphatic carbocycles. The van der Waals surface area contributed by atoms with Crippen molar-refractivity contribution in [1.29, 1.82) is 0 Å². The van der Waals surface area contributed by atoms with Crippen LogP contribution in [0, 0.1) is 6.92 Å². The van der Waals surface area contributed by atoms with Gasteiger partial charge in [-0.2, -0.15) is 8.42 Å². The Morgan fingerprint density at radius 1 is 0.444 bits per heavy atom. The molecular formula is C41H76O3S. The van der Waals surface area contributed by atoms with Crippen molar-refractivity contribution in [2.75, 3.05) is 0 Å². The van der Waals surface area contributed by atoms with Crippen LogP contribution < -0.4 is 0 Å². The van der Waals surface area contributed by atoms with Gasteiger partial charge >= 0.3 is 0 Å². The van der Waals surface area contributed by atoms with Gasteiger partial charge in [0.25, 0.3) is 10.1 Å². The Balaban J connectivity index is 2.21. The van der Waals surface area contributed by atoms with Crippen molar-refractivity contribution in [2.45, 2.75) is 231 Å². The van der Waals surface area contributed by atoms with E-state index in [1.165, 1.54) is 173 Å². The van der Waals surface area contributed by atoms with E-state index in [1.807, 2.05) is 19.1 Å². The zero-order valence-corrected chi connectivity index (χ0v) is 31.3. The van der Waals surface area contributed by atoms with Crippen molar-refractivity contribution >= 4 is 10.1 Å². The Bertz CT molecular complexity index is 848. The Morgan fingerprint density at radius 3 is 1.00 bits per heavy atom. The van der Waals surface area contributed by atoms with E-state index in [-0.39, 0.29) is 11.0 Å². The van der Waals surface area contributed by atoms with Crippen molar-refractivity contribution in [3.8, 4) is 0 Å². The van der Waals surface area contributed by atoms with Gasteiger partial charge in [-0.3, -0.25) is 4.18 Å². The first-order valence-electron chi connectivity index (χ1n) is 20.0. The van der Waals surface area contributed by atoms with Crippen molar-refractivity contribution in [2.24, 2.45) is 0 Å². The largest absolute Gasteiger partial charge is 0.297 e. The van der Waals surface area contributed by atoms with E-state index in [0.717, 1.165) is 31.2 Å². The predicted octanol–water partition coefficient (Wildman–Crippen LogP) is 14.2. The summed E-state index contributed by atoms with van der Waals surface area (Å²) in [6.45, 7) is 6.55. The van der Waals surface area contributed by atoms with Crippen LogP contribution in [0.5, 0.6) is 0 Å².